The lowest BCUT2D eigenvalue weighted by atomic mass is 10.1. The van der Waals surface area contributed by atoms with Gasteiger partial charge in [-0.25, -0.2) is 0 Å². The van der Waals surface area contributed by atoms with E-state index in [0.717, 1.165) is 13.0 Å². The topological polar surface area (TPSA) is 35.2 Å². The van der Waals surface area contributed by atoms with Crippen LogP contribution in [-0.4, -0.2) is 12.3 Å². The van der Waals surface area contributed by atoms with E-state index in [2.05, 4.69) is 0 Å². The summed E-state index contributed by atoms with van der Waals surface area (Å²) in [6.45, 7) is 0.882. The minimum atomic E-state index is -0.190. The summed E-state index contributed by atoms with van der Waals surface area (Å²) >= 11 is 0. The van der Waals surface area contributed by atoms with Crippen LogP contribution in [0, 0.1) is 5.92 Å². The maximum absolute atomic E-state index is 5.97. The van der Waals surface area contributed by atoms with Crippen LogP contribution in [0.5, 0.6) is 0 Å². The summed E-state index contributed by atoms with van der Waals surface area (Å²) in [4.78, 5) is 0. The van der Waals surface area contributed by atoms with Gasteiger partial charge in [-0.2, -0.15) is 0 Å². The molecule has 2 unspecified atom stereocenters. The Labute approximate surface area is 68.1 Å². The van der Waals surface area contributed by atoms with E-state index >= 15 is 0 Å². The summed E-state index contributed by atoms with van der Waals surface area (Å²) in [5.41, 5.74) is 5.78. The standard InChI is InChI=1S/C9H17NO/c10-9-7-8(9)5-3-1-2-4-6-11-9/h8H,1-7,10H2. The van der Waals surface area contributed by atoms with Gasteiger partial charge in [-0.15, -0.1) is 0 Å². The first-order valence-corrected chi connectivity index (χ1v) is 4.74. The van der Waals surface area contributed by atoms with Crippen LogP contribution in [0.4, 0.5) is 0 Å². The summed E-state index contributed by atoms with van der Waals surface area (Å²) < 4.78 is 5.60. The Morgan fingerprint density at radius 3 is 2.91 bits per heavy atom. The molecule has 2 N–H and O–H groups in total. The molecule has 0 bridgehead atoms. The van der Waals surface area contributed by atoms with Gasteiger partial charge in [0.25, 0.3) is 0 Å². The third-order valence-corrected chi connectivity index (χ3v) is 2.91. The van der Waals surface area contributed by atoms with Crippen molar-refractivity contribution in [2.45, 2.75) is 44.2 Å². The molecular formula is C9H17NO. The van der Waals surface area contributed by atoms with E-state index in [1.807, 2.05) is 0 Å². The highest BCUT2D eigenvalue weighted by atomic mass is 16.5. The minimum absolute atomic E-state index is 0.190. The molecule has 0 aromatic heterocycles. The fourth-order valence-corrected chi connectivity index (χ4v) is 1.96. The molecule has 1 saturated carbocycles. The third-order valence-electron chi connectivity index (χ3n) is 2.91. The van der Waals surface area contributed by atoms with E-state index in [-0.39, 0.29) is 5.72 Å². The van der Waals surface area contributed by atoms with Gasteiger partial charge >= 0.3 is 0 Å². The summed E-state index contributed by atoms with van der Waals surface area (Å²) in [6.07, 6.45) is 7.64. The molecule has 1 saturated heterocycles. The van der Waals surface area contributed by atoms with Crippen molar-refractivity contribution < 1.29 is 4.74 Å². The molecule has 1 aliphatic heterocycles. The molecule has 2 aliphatic rings. The maximum Gasteiger partial charge on any atom is 0.120 e. The number of rotatable bonds is 0. The zero-order valence-electron chi connectivity index (χ0n) is 7.01. The summed E-state index contributed by atoms with van der Waals surface area (Å²) in [7, 11) is 0. The van der Waals surface area contributed by atoms with Crippen molar-refractivity contribution in [3.8, 4) is 0 Å². The van der Waals surface area contributed by atoms with Crippen molar-refractivity contribution in [1.82, 2.24) is 0 Å². The van der Waals surface area contributed by atoms with Gasteiger partial charge in [-0.1, -0.05) is 19.3 Å². The van der Waals surface area contributed by atoms with E-state index < -0.39 is 0 Å². The van der Waals surface area contributed by atoms with Gasteiger partial charge in [0, 0.05) is 12.5 Å². The Bertz CT molecular complexity index is 148. The van der Waals surface area contributed by atoms with Gasteiger partial charge < -0.3 is 10.5 Å². The van der Waals surface area contributed by atoms with Crippen LogP contribution in [0.25, 0.3) is 0 Å². The van der Waals surface area contributed by atoms with Crippen LogP contribution < -0.4 is 5.73 Å². The van der Waals surface area contributed by atoms with Crippen LogP contribution in [0.15, 0.2) is 0 Å². The molecule has 1 heterocycles. The van der Waals surface area contributed by atoms with Crippen molar-refractivity contribution in [1.29, 1.82) is 0 Å². The smallest absolute Gasteiger partial charge is 0.120 e. The van der Waals surface area contributed by atoms with Gasteiger partial charge in [0.2, 0.25) is 0 Å². The van der Waals surface area contributed by atoms with Crippen LogP contribution in [-0.2, 0) is 4.74 Å². The van der Waals surface area contributed by atoms with Crippen LogP contribution >= 0.6 is 0 Å². The fraction of sp³-hybridized carbons (Fsp3) is 1.00. The molecule has 0 aromatic carbocycles. The Morgan fingerprint density at radius 1 is 1.18 bits per heavy atom. The molecule has 0 spiro atoms. The van der Waals surface area contributed by atoms with Crippen LogP contribution in [0.1, 0.15) is 38.5 Å². The highest BCUT2D eigenvalue weighted by Crippen LogP contribution is 2.46. The molecule has 2 nitrogen and oxygen atoms in total. The van der Waals surface area contributed by atoms with Gasteiger partial charge in [-0.3, -0.25) is 0 Å². The molecule has 2 rings (SSSR count). The molecule has 0 radical (unpaired) electrons. The largest absolute Gasteiger partial charge is 0.361 e. The van der Waals surface area contributed by atoms with Crippen molar-refractivity contribution in [2.24, 2.45) is 11.7 Å². The van der Waals surface area contributed by atoms with E-state index in [1.54, 1.807) is 0 Å². The van der Waals surface area contributed by atoms with E-state index in [0.29, 0.717) is 5.92 Å². The van der Waals surface area contributed by atoms with E-state index in [9.17, 15) is 0 Å². The Morgan fingerprint density at radius 2 is 2.00 bits per heavy atom. The lowest BCUT2D eigenvalue weighted by molar-refractivity contribution is 0.0244. The number of nitrogens with two attached hydrogens (primary N) is 1. The summed E-state index contributed by atoms with van der Waals surface area (Å²) in [5.74, 6) is 0.681. The zero-order valence-corrected chi connectivity index (χ0v) is 7.01. The van der Waals surface area contributed by atoms with Gasteiger partial charge in [-0.05, 0) is 19.3 Å². The average Bonchev–Trinajstić information content (AvgIpc) is 2.59. The van der Waals surface area contributed by atoms with Gasteiger partial charge in [0.1, 0.15) is 5.72 Å². The molecule has 2 fully saturated rings. The second kappa shape index (κ2) is 2.76. The summed E-state index contributed by atoms with van der Waals surface area (Å²) in [6, 6.07) is 0. The maximum atomic E-state index is 5.97. The monoisotopic (exact) mass is 155 g/mol. The first-order valence-electron chi connectivity index (χ1n) is 4.74. The quantitative estimate of drug-likeness (QED) is 0.577. The fourth-order valence-electron chi connectivity index (χ4n) is 1.96. The van der Waals surface area contributed by atoms with Crippen molar-refractivity contribution in [3.05, 3.63) is 0 Å². The van der Waals surface area contributed by atoms with E-state index in [1.165, 1.54) is 32.1 Å². The van der Waals surface area contributed by atoms with Crippen LogP contribution in [0.2, 0.25) is 0 Å². The molecule has 64 valence electrons. The normalized spacial score (nSPS) is 45.0. The van der Waals surface area contributed by atoms with Crippen LogP contribution in [0.3, 0.4) is 0 Å². The predicted octanol–water partition coefficient (Wildman–Crippen LogP) is 1.64. The van der Waals surface area contributed by atoms with Crippen molar-refractivity contribution in [2.75, 3.05) is 6.61 Å². The minimum Gasteiger partial charge on any atom is -0.361 e. The van der Waals surface area contributed by atoms with Gasteiger partial charge in [0.05, 0.1) is 0 Å². The lowest BCUT2D eigenvalue weighted by Gasteiger charge is -2.10. The number of fused-ring (bicyclic) bond motifs is 1. The molecule has 11 heavy (non-hydrogen) atoms. The number of hydrogen-bond donors (Lipinski definition) is 1. The Kier molecular flexibility index (Phi) is 1.90. The zero-order chi connectivity index (χ0) is 7.73. The second-order valence-electron chi connectivity index (χ2n) is 3.91. The second-order valence-corrected chi connectivity index (χ2v) is 3.91. The highest BCUT2D eigenvalue weighted by Gasteiger charge is 2.51. The third kappa shape index (κ3) is 1.57. The molecule has 1 aliphatic carbocycles. The predicted molar refractivity (Wildman–Crippen MR) is 44.1 cm³/mol. The Balaban J connectivity index is 1.88. The summed E-state index contributed by atoms with van der Waals surface area (Å²) in [5, 5.41) is 0. The molecule has 2 atom stereocenters. The van der Waals surface area contributed by atoms with Crippen molar-refractivity contribution in [3.63, 3.8) is 0 Å². The molecular weight excluding hydrogens is 138 g/mol. The molecule has 0 aromatic rings. The molecule has 0 amide bonds. The number of ether oxygens (including phenoxy) is 1. The highest BCUT2D eigenvalue weighted by molar-refractivity contribution is 5.00. The lowest BCUT2D eigenvalue weighted by Crippen LogP contribution is -2.29. The Hall–Kier alpha value is -0.0800. The number of hydrogen-bond acceptors (Lipinski definition) is 2. The van der Waals surface area contributed by atoms with Crippen molar-refractivity contribution >= 4 is 0 Å². The molecule has 2 heteroatoms. The SMILES string of the molecule is NC12CC1CCCCCCO2. The first kappa shape index (κ1) is 7.56. The van der Waals surface area contributed by atoms with E-state index in [4.69, 9.17) is 10.5 Å². The average molecular weight is 155 g/mol. The van der Waals surface area contributed by atoms with Gasteiger partial charge in [0.15, 0.2) is 0 Å². The first-order chi connectivity index (χ1) is 5.31.